The largest absolute Gasteiger partial charge is 0.508 e. The van der Waals surface area contributed by atoms with Gasteiger partial charge in [0, 0.05) is 61.3 Å². The molecule has 0 fully saturated rings. The van der Waals surface area contributed by atoms with Crippen molar-refractivity contribution in [2.45, 2.75) is 169 Å². The van der Waals surface area contributed by atoms with Gasteiger partial charge in [0.15, 0.2) is 0 Å². The molecule has 12 nitrogen and oxygen atoms in total. The molecule has 0 spiro atoms. The molecule has 6 N–H and O–H groups in total. The first kappa shape index (κ1) is 58.7. The summed E-state index contributed by atoms with van der Waals surface area (Å²) in [7, 11) is 2.68. The Kier molecular flexibility index (Phi) is 17.1. The summed E-state index contributed by atoms with van der Waals surface area (Å²) in [4.78, 5) is 32.5. The van der Waals surface area contributed by atoms with Crippen molar-refractivity contribution in [1.29, 1.82) is 0 Å². The summed E-state index contributed by atoms with van der Waals surface area (Å²) < 4.78 is 11.1. The summed E-state index contributed by atoms with van der Waals surface area (Å²) in [6.07, 6.45) is 0.536. The maximum atomic E-state index is 14.3. The lowest BCUT2D eigenvalue weighted by Gasteiger charge is -2.33. The topological polar surface area (TPSA) is 180 Å². The minimum Gasteiger partial charge on any atom is -0.508 e. The lowest BCUT2D eigenvalue weighted by atomic mass is 9.81. The predicted molar refractivity (Wildman–Crippen MR) is 307 cm³/mol. The number of methoxy groups -OCH3 is 2. The predicted octanol–water partition coefficient (Wildman–Crippen LogP) is 12.2. The number of phenolic OH excluding ortho intramolecular Hbond substituents is 6. The standard InChI is InChI=1S/C66H82N2O10/c1-63(2,3)49-27-41-25-42-28-50(64(4,5)6)33-47(58(42)72)37-68(56(62(76)78-14)24-40-17-21-54(70)22-18-40)38-48-34-52(66(10,11)12)30-44(60(48)74)26-43-29-51(65(7,8)9)32-46(59(43)73)36-67(35-45(31-49)57(41)71)55(61(75)77-13)23-39-15-19-53(69)20-16-39/h15-22,27-34,55-56,69-74H,23-26,35-38H2,1-14H3/t55-,56-/m0/s1. The number of rotatable bonds is 8. The van der Waals surface area contributed by atoms with Crippen molar-refractivity contribution in [1.82, 2.24) is 9.80 Å². The van der Waals surface area contributed by atoms with E-state index in [0.717, 1.165) is 33.4 Å². The second kappa shape index (κ2) is 22.8. The molecule has 6 aromatic carbocycles. The molecule has 0 unspecified atom stereocenters. The van der Waals surface area contributed by atoms with E-state index in [1.54, 1.807) is 48.5 Å². The first-order valence-corrected chi connectivity index (χ1v) is 26.9. The van der Waals surface area contributed by atoms with Gasteiger partial charge in [0.25, 0.3) is 0 Å². The van der Waals surface area contributed by atoms with Crippen LogP contribution in [0.1, 0.15) is 161 Å². The first-order chi connectivity index (χ1) is 36.3. The Bertz CT molecular complexity index is 2800. The highest BCUT2D eigenvalue weighted by Crippen LogP contribution is 2.42. The molecule has 0 radical (unpaired) electrons. The Hall–Kier alpha value is -7.02. The van der Waals surface area contributed by atoms with Gasteiger partial charge in [0.05, 0.1) is 14.2 Å². The Balaban J connectivity index is 1.57. The number of ether oxygens (including phenoxy) is 2. The Labute approximate surface area is 461 Å². The average Bonchev–Trinajstić information content (AvgIpc) is 3.35. The highest BCUT2D eigenvalue weighted by Gasteiger charge is 2.35. The summed E-state index contributed by atoms with van der Waals surface area (Å²) in [5.74, 6) is -0.977. The summed E-state index contributed by atoms with van der Waals surface area (Å²) in [5.41, 5.74) is 7.67. The van der Waals surface area contributed by atoms with Crippen molar-refractivity contribution >= 4 is 11.9 Å². The number of esters is 2. The van der Waals surface area contributed by atoms with Crippen LogP contribution in [-0.2, 0) is 92.6 Å². The number of benzene rings is 6. The third-order valence-electron chi connectivity index (χ3n) is 15.3. The number of hydrogen-bond donors (Lipinski definition) is 6. The van der Waals surface area contributed by atoms with Gasteiger partial charge in [-0.3, -0.25) is 19.4 Å². The third-order valence-corrected chi connectivity index (χ3v) is 15.3. The number of carbonyl (C=O) groups is 2. The zero-order valence-corrected chi connectivity index (χ0v) is 48.3. The molecule has 6 aromatic rings. The molecule has 0 amide bonds. The SMILES string of the molecule is COC(=O)[C@H](Cc1ccc(O)cc1)N1Cc2cc(C(C)(C)C)cc(c2O)Cc2cc(C(C)(C)C)cc(c2O)CN([C@@H](Cc2ccc(O)cc2)C(=O)OC)Cc2cc(C(C)(C)C)cc(c2O)Cc2cc(C(C)(C)C)cc(c2O)C1. The van der Waals surface area contributed by atoms with E-state index in [4.69, 9.17) is 9.47 Å². The first-order valence-electron chi connectivity index (χ1n) is 26.9. The van der Waals surface area contributed by atoms with Gasteiger partial charge in [-0.25, -0.2) is 0 Å². The lowest BCUT2D eigenvalue weighted by Crippen LogP contribution is -2.43. The maximum absolute atomic E-state index is 14.3. The van der Waals surface area contributed by atoms with Crippen LogP contribution in [0.4, 0.5) is 0 Å². The van der Waals surface area contributed by atoms with Gasteiger partial charge < -0.3 is 40.1 Å². The van der Waals surface area contributed by atoms with Crippen LogP contribution in [0.15, 0.2) is 97.1 Å². The van der Waals surface area contributed by atoms with Gasteiger partial charge in [0.1, 0.15) is 46.6 Å². The molecular formula is C66H82N2O10. The minimum atomic E-state index is -0.948. The molecule has 8 bridgehead atoms. The van der Waals surface area contributed by atoms with Crippen molar-refractivity contribution < 1.29 is 49.7 Å². The summed E-state index contributed by atoms with van der Waals surface area (Å²) >= 11 is 0. The highest BCUT2D eigenvalue weighted by atomic mass is 16.5. The molecule has 12 heteroatoms. The van der Waals surface area contributed by atoms with E-state index in [9.17, 15) is 40.2 Å². The van der Waals surface area contributed by atoms with Crippen LogP contribution >= 0.6 is 0 Å². The van der Waals surface area contributed by atoms with Gasteiger partial charge in [-0.05, 0) is 114 Å². The number of aromatic hydroxyl groups is 6. The van der Waals surface area contributed by atoms with E-state index in [1.807, 2.05) is 58.3 Å². The normalized spacial score (nSPS) is 15.1. The van der Waals surface area contributed by atoms with E-state index in [0.29, 0.717) is 44.5 Å². The zero-order chi connectivity index (χ0) is 57.4. The van der Waals surface area contributed by atoms with E-state index in [-0.39, 0.29) is 86.4 Å². The fourth-order valence-corrected chi connectivity index (χ4v) is 10.3. The fraction of sp³-hybridized carbons (Fsp3) is 0.424. The third kappa shape index (κ3) is 13.6. The molecule has 0 saturated heterocycles. The smallest absolute Gasteiger partial charge is 0.323 e. The van der Waals surface area contributed by atoms with Gasteiger partial charge in [-0.2, -0.15) is 0 Å². The van der Waals surface area contributed by atoms with E-state index in [2.05, 4.69) is 83.1 Å². The van der Waals surface area contributed by atoms with Gasteiger partial charge in [-0.1, -0.05) is 156 Å². The van der Waals surface area contributed by atoms with Gasteiger partial charge in [-0.15, -0.1) is 0 Å². The number of phenols is 6. The van der Waals surface area contributed by atoms with E-state index >= 15 is 0 Å². The van der Waals surface area contributed by atoms with Gasteiger partial charge >= 0.3 is 11.9 Å². The van der Waals surface area contributed by atoms with Crippen molar-refractivity contribution in [2.75, 3.05) is 14.2 Å². The summed E-state index contributed by atoms with van der Waals surface area (Å²) in [6.45, 7) is 25.2. The molecule has 2 atom stereocenters. The summed E-state index contributed by atoms with van der Waals surface area (Å²) in [5, 5.41) is 71.5. The molecular weight excluding hydrogens is 981 g/mol. The second-order valence-corrected chi connectivity index (χ2v) is 25.6. The van der Waals surface area contributed by atoms with Crippen LogP contribution in [-0.4, -0.2) is 78.7 Å². The van der Waals surface area contributed by atoms with Gasteiger partial charge in [0.2, 0.25) is 0 Å². The van der Waals surface area contributed by atoms with Crippen molar-refractivity contribution in [3.05, 3.63) is 175 Å². The van der Waals surface area contributed by atoms with Crippen molar-refractivity contribution in [3.8, 4) is 34.5 Å². The molecule has 7 rings (SSSR count). The van der Waals surface area contributed by atoms with Crippen LogP contribution in [0.2, 0.25) is 0 Å². The fourth-order valence-electron chi connectivity index (χ4n) is 10.3. The monoisotopic (exact) mass is 1060 g/mol. The van der Waals surface area contributed by atoms with Crippen LogP contribution in [0.5, 0.6) is 34.5 Å². The lowest BCUT2D eigenvalue weighted by molar-refractivity contribution is -0.148. The average molecular weight is 1060 g/mol. The number of nitrogens with zero attached hydrogens (tertiary/aromatic N) is 2. The molecule has 78 heavy (non-hydrogen) atoms. The molecule has 416 valence electrons. The van der Waals surface area contributed by atoms with Crippen LogP contribution in [0.25, 0.3) is 0 Å². The molecule has 0 aromatic heterocycles. The molecule has 0 saturated carbocycles. The minimum absolute atomic E-state index is 0.0176. The number of carbonyl (C=O) groups excluding carboxylic acids is 2. The zero-order valence-electron chi connectivity index (χ0n) is 48.3. The highest BCUT2D eigenvalue weighted by molar-refractivity contribution is 5.77. The summed E-state index contributed by atoms with van der Waals surface area (Å²) in [6, 6.07) is 27.1. The number of hydrogen-bond acceptors (Lipinski definition) is 12. The van der Waals surface area contributed by atoms with E-state index in [1.165, 1.54) is 14.2 Å². The molecule has 1 aliphatic rings. The van der Waals surface area contributed by atoms with Crippen molar-refractivity contribution in [3.63, 3.8) is 0 Å². The molecule has 1 aliphatic heterocycles. The Morgan fingerprint density at radius 3 is 0.821 bits per heavy atom. The Morgan fingerprint density at radius 1 is 0.397 bits per heavy atom. The van der Waals surface area contributed by atoms with E-state index < -0.39 is 45.7 Å². The molecule has 0 aliphatic carbocycles. The quantitative estimate of drug-likeness (QED) is 0.0796. The van der Waals surface area contributed by atoms with Crippen LogP contribution in [0, 0.1) is 0 Å². The van der Waals surface area contributed by atoms with Crippen LogP contribution in [0.3, 0.4) is 0 Å². The Morgan fingerprint density at radius 2 is 0.615 bits per heavy atom. The van der Waals surface area contributed by atoms with Crippen molar-refractivity contribution in [2.24, 2.45) is 0 Å². The second-order valence-electron chi connectivity index (χ2n) is 25.6. The van der Waals surface area contributed by atoms with Crippen LogP contribution < -0.4 is 0 Å². The maximum Gasteiger partial charge on any atom is 0.323 e. The number of fused-ring (bicyclic) bond motifs is 8. The molecule has 1 heterocycles.